The molecule has 166 valence electrons. The molecule has 0 saturated heterocycles. The third kappa shape index (κ3) is 8.19. The van der Waals surface area contributed by atoms with E-state index < -0.39 is 26.4 Å². The van der Waals surface area contributed by atoms with Crippen LogP contribution in [0.5, 0.6) is 0 Å². The van der Waals surface area contributed by atoms with Crippen LogP contribution in [0.3, 0.4) is 0 Å². The molecule has 1 unspecified atom stereocenters. The summed E-state index contributed by atoms with van der Waals surface area (Å²) in [6, 6.07) is 0. The Hall–Kier alpha value is -1.24. The predicted octanol–water partition coefficient (Wildman–Crippen LogP) is 7.03. The van der Waals surface area contributed by atoms with E-state index in [-0.39, 0.29) is 11.0 Å². The smallest absolute Gasteiger partial charge is 0.193 e. The molecule has 0 fully saturated rings. The highest BCUT2D eigenvalue weighted by molar-refractivity contribution is 6.74. The topological polar surface area (TPSA) is 55.5 Å². The summed E-state index contributed by atoms with van der Waals surface area (Å²) in [5, 5.41) is 10.4. The normalized spacial score (nSPS) is 16.6. The second kappa shape index (κ2) is 10.7. The number of hydrogen-bond acceptors (Lipinski definition) is 4. The van der Waals surface area contributed by atoms with Crippen molar-refractivity contribution in [3.05, 3.63) is 41.9 Å². The van der Waals surface area contributed by atoms with Crippen molar-refractivity contribution in [2.45, 2.75) is 97.6 Å². The Balaban J connectivity index is 2.53. The molecule has 1 heterocycles. The molecule has 0 aliphatic carbocycles. The lowest BCUT2D eigenvalue weighted by molar-refractivity contribution is 0.107. The van der Waals surface area contributed by atoms with Crippen molar-refractivity contribution in [3.8, 4) is 0 Å². The number of allylic oxidation sites excluding steroid dienone is 1. The summed E-state index contributed by atoms with van der Waals surface area (Å²) in [5.74, 6) is 0.250. The third-order valence-electron chi connectivity index (χ3n) is 5.98. The van der Waals surface area contributed by atoms with Crippen LogP contribution in [0.1, 0.15) is 78.0 Å². The Morgan fingerprint density at radius 3 is 2.52 bits per heavy atom. The van der Waals surface area contributed by atoms with Crippen LogP contribution in [0.25, 0.3) is 0 Å². The first-order valence-electron chi connectivity index (χ1n) is 10.5. The molecule has 1 N–H and O–H groups in total. The van der Waals surface area contributed by atoms with Gasteiger partial charge in [-0.2, -0.15) is 0 Å². The zero-order valence-corrected chi connectivity index (χ0v) is 20.5. The molecule has 0 bridgehead atoms. The molecule has 0 amide bonds. The van der Waals surface area contributed by atoms with E-state index in [2.05, 4.69) is 58.4 Å². The van der Waals surface area contributed by atoms with Crippen molar-refractivity contribution < 1.29 is 18.3 Å². The minimum absolute atomic E-state index is 0.0266. The van der Waals surface area contributed by atoms with E-state index in [1.807, 2.05) is 6.92 Å². The Bertz CT molecular complexity index is 691. The summed E-state index contributed by atoms with van der Waals surface area (Å²) in [6.07, 6.45) is 5.61. The first-order valence-corrected chi connectivity index (χ1v) is 13.4. The van der Waals surface area contributed by atoms with Gasteiger partial charge in [0.25, 0.3) is 0 Å². The summed E-state index contributed by atoms with van der Waals surface area (Å²) in [6.45, 7) is 20.0. The van der Waals surface area contributed by atoms with E-state index in [0.717, 1.165) is 19.3 Å². The molecule has 0 aromatic carbocycles. The molecule has 0 aliphatic rings. The monoisotopic (exact) mass is 425 g/mol. The predicted molar refractivity (Wildman–Crippen MR) is 120 cm³/mol. The number of aryl methyl sites for hydroxylation is 1. The van der Waals surface area contributed by atoms with Gasteiger partial charge in [-0.1, -0.05) is 45.9 Å². The van der Waals surface area contributed by atoms with Gasteiger partial charge in [-0.15, -0.1) is 0 Å². The maximum Gasteiger partial charge on any atom is 0.193 e. The van der Waals surface area contributed by atoms with Crippen LogP contribution in [-0.4, -0.2) is 24.5 Å². The van der Waals surface area contributed by atoms with E-state index in [4.69, 9.17) is 8.84 Å². The molecule has 0 saturated carbocycles. The van der Waals surface area contributed by atoms with Crippen molar-refractivity contribution in [1.82, 2.24) is 4.98 Å². The maximum atomic E-state index is 14.0. The Morgan fingerprint density at radius 1 is 1.41 bits per heavy atom. The largest absolute Gasteiger partial charge is 0.449 e. The summed E-state index contributed by atoms with van der Waals surface area (Å²) in [4.78, 5) is 4.20. The molecule has 4 nitrogen and oxygen atoms in total. The third-order valence-corrected chi connectivity index (χ3v) is 10.5. The number of nitrogens with zero attached hydrogens (tertiary/aromatic N) is 1. The average molecular weight is 426 g/mol. The standard InChI is InChI=1S/C23H40FNO3Si/c1-16(11-10-12-17(2)22(26)20-15-27-19(4)25-20)13-14-21(18(3)24)28-29(8,9)23(5,6)7/h13,15,17,21-22,26H,3,10-12,14H2,1-2,4-9H3/t17-,21-,22?/m0/s1. The molecule has 1 aromatic heterocycles. The van der Waals surface area contributed by atoms with Gasteiger partial charge in [0, 0.05) is 6.92 Å². The quantitative estimate of drug-likeness (QED) is 0.305. The minimum Gasteiger partial charge on any atom is -0.449 e. The number of oxazole rings is 1. The number of aromatic nitrogens is 1. The molecule has 1 aromatic rings. The van der Waals surface area contributed by atoms with Crippen LogP contribution >= 0.6 is 0 Å². The molecule has 6 heteroatoms. The van der Waals surface area contributed by atoms with Gasteiger partial charge >= 0.3 is 0 Å². The molecule has 0 spiro atoms. The van der Waals surface area contributed by atoms with Gasteiger partial charge in [0.1, 0.15) is 23.9 Å². The molecular weight excluding hydrogens is 385 g/mol. The molecular formula is C23H40FNO3Si. The number of aliphatic hydroxyl groups is 1. The summed E-state index contributed by atoms with van der Waals surface area (Å²) < 4.78 is 25.4. The maximum absolute atomic E-state index is 14.0. The zero-order valence-electron chi connectivity index (χ0n) is 19.5. The van der Waals surface area contributed by atoms with E-state index in [0.29, 0.717) is 18.0 Å². The molecule has 0 radical (unpaired) electrons. The second-order valence-electron chi connectivity index (χ2n) is 9.71. The highest BCUT2D eigenvalue weighted by Crippen LogP contribution is 2.38. The van der Waals surface area contributed by atoms with Crippen LogP contribution in [0.2, 0.25) is 18.1 Å². The lowest BCUT2D eigenvalue weighted by Gasteiger charge is -2.38. The van der Waals surface area contributed by atoms with Gasteiger partial charge in [-0.05, 0) is 56.7 Å². The van der Waals surface area contributed by atoms with E-state index in [1.54, 1.807) is 6.92 Å². The van der Waals surface area contributed by atoms with Crippen molar-refractivity contribution in [2.24, 2.45) is 5.92 Å². The Kier molecular flexibility index (Phi) is 9.50. The Morgan fingerprint density at radius 2 is 2.03 bits per heavy atom. The van der Waals surface area contributed by atoms with Gasteiger partial charge in [0.2, 0.25) is 0 Å². The van der Waals surface area contributed by atoms with E-state index >= 15 is 0 Å². The highest BCUT2D eigenvalue weighted by atomic mass is 28.4. The number of aliphatic hydroxyl groups excluding tert-OH is 1. The number of halogens is 1. The van der Waals surface area contributed by atoms with Crippen molar-refractivity contribution >= 4 is 8.32 Å². The fraction of sp³-hybridized carbons (Fsp3) is 0.696. The van der Waals surface area contributed by atoms with Crippen LogP contribution in [0, 0.1) is 12.8 Å². The lowest BCUT2D eigenvalue weighted by Crippen LogP contribution is -2.44. The fourth-order valence-electron chi connectivity index (χ4n) is 2.85. The first kappa shape index (κ1) is 25.8. The summed E-state index contributed by atoms with van der Waals surface area (Å²) >= 11 is 0. The average Bonchev–Trinajstić information content (AvgIpc) is 3.02. The van der Waals surface area contributed by atoms with Gasteiger partial charge in [-0.25, -0.2) is 9.37 Å². The van der Waals surface area contributed by atoms with Gasteiger partial charge in [-0.3, -0.25) is 0 Å². The summed E-state index contributed by atoms with van der Waals surface area (Å²) in [5.41, 5.74) is 1.79. The SMILES string of the molecule is C=C(F)[C@H](CC=C(C)CCC[C@H](C)C(O)c1coc(C)n1)O[Si](C)(C)C(C)(C)C. The van der Waals surface area contributed by atoms with Gasteiger partial charge in [0.15, 0.2) is 14.2 Å². The van der Waals surface area contributed by atoms with Gasteiger partial charge in [0.05, 0.1) is 6.10 Å². The second-order valence-corrected chi connectivity index (χ2v) is 14.5. The molecule has 1 rings (SSSR count). The Labute approximate surface area is 177 Å². The van der Waals surface area contributed by atoms with Crippen molar-refractivity contribution in [1.29, 1.82) is 0 Å². The van der Waals surface area contributed by atoms with E-state index in [1.165, 1.54) is 11.8 Å². The van der Waals surface area contributed by atoms with Gasteiger partial charge < -0.3 is 13.9 Å². The van der Waals surface area contributed by atoms with Crippen LogP contribution < -0.4 is 0 Å². The van der Waals surface area contributed by atoms with Crippen LogP contribution in [-0.2, 0) is 4.43 Å². The van der Waals surface area contributed by atoms with E-state index in [9.17, 15) is 9.50 Å². The lowest BCUT2D eigenvalue weighted by atomic mass is 9.95. The van der Waals surface area contributed by atoms with Crippen LogP contribution in [0.15, 0.2) is 34.7 Å². The first-order chi connectivity index (χ1) is 13.2. The molecule has 3 atom stereocenters. The summed E-state index contributed by atoms with van der Waals surface area (Å²) in [7, 11) is -2.06. The number of rotatable bonds is 11. The van der Waals surface area contributed by atoms with Crippen molar-refractivity contribution in [3.63, 3.8) is 0 Å². The molecule has 0 aliphatic heterocycles. The minimum atomic E-state index is -2.06. The number of hydrogen-bond donors (Lipinski definition) is 1. The fourth-order valence-corrected chi connectivity index (χ4v) is 4.14. The van der Waals surface area contributed by atoms with Crippen LogP contribution in [0.4, 0.5) is 4.39 Å². The van der Waals surface area contributed by atoms with Crippen molar-refractivity contribution in [2.75, 3.05) is 0 Å². The molecule has 29 heavy (non-hydrogen) atoms. The highest BCUT2D eigenvalue weighted by Gasteiger charge is 2.39. The zero-order chi connectivity index (χ0) is 22.4.